The Hall–Kier alpha value is -4.20. The molecule has 0 saturated carbocycles. The highest BCUT2D eigenvalue weighted by Gasteiger charge is 2.22. The van der Waals surface area contributed by atoms with Gasteiger partial charge >= 0.3 is 0 Å². The number of azo groups is 1. The number of carbonyl (C=O) groups is 1. The zero-order valence-electron chi connectivity index (χ0n) is 20.7. The largest absolute Gasteiger partial charge is 0.389 e. The fraction of sp³-hybridized carbons (Fsp3) is 0.120. The highest BCUT2D eigenvalue weighted by molar-refractivity contribution is 7.86. The average Bonchev–Trinajstić information content (AvgIpc) is 3.21. The summed E-state index contributed by atoms with van der Waals surface area (Å²) in [6.45, 7) is 1.89. The van der Waals surface area contributed by atoms with Crippen molar-refractivity contribution < 1.29 is 30.7 Å². The first-order chi connectivity index (χ1) is 18.8. The zero-order chi connectivity index (χ0) is 29.2. The van der Waals surface area contributed by atoms with Gasteiger partial charge in [0.15, 0.2) is 0 Å². The number of nitrogens with one attached hydrogen (secondary N) is 1. The molecule has 40 heavy (non-hydrogen) atoms. The van der Waals surface area contributed by atoms with Gasteiger partial charge in [-0.1, -0.05) is 42.5 Å². The minimum Gasteiger partial charge on any atom is -0.389 e. The number of hydrogen-bond acceptors (Lipinski definition) is 10. The number of hydrogen-bond donors (Lipinski definition) is 4. The van der Waals surface area contributed by atoms with Gasteiger partial charge in [-0.2, -0.15) is 22.1 Å². The zero-order valence-corrected chi connectivity index (χ0v) is 23.1. The first-order valence-electron chi connectivity index (χ1n) is 11.5. The molecule has 206 valence electrons. The Bertz CT molecular complexity index is 1930. The molecule has 4 rings (SSSR count). The molecule has 0 radical (unpaired) electrons. The Morgan fingerprint density at radius 1 is 1.00 bits per heavy atom. The molecule has 12 nitrogen and oxygen atoms in total. The number of rotatable bonds is 8. The molecule has 0 aliphatic heterocycles. The first kappa shape index (κ1) is 28.8. The van der Waals surface area contributed by atoms with Crippen LogP contribution < -0.4 is 11.1 Å². The summed E-state index contributed by atoms with van der Waals surface area (Å²) in [5, 5.41) is 20.6. The molecule has 0 aliphatic carbocycles. The van der Waals surface area contributed by atoms with E-state index >= 15 is 0 Å². The maximum atomic E-state index is 12.1. The third-order valence-corrected chi connectivity index (χ3v) is 8.39. The van der Waals surface area contributed by atoms with Crippen molar-refractivity contribution in [2.75, 3.05) is 11.1 Å². The third-order valence-electron chi connectivity index (χ3n) is 5.68. The number of anilines is 2. The number of carbonyl (C=O) groups excluding carboxylic acids is 1. The van der Waals surface area contributed by atoms with E-state index in [0.717, 1.165) is 23.5 Å². The summed E-state index contributed by atoms with van der Waals surface area (Å²) < 4.78 is 67.4. The highest BCUT2D eigenvalue weighted by Crippen LogP contribution is 2.45. The molecule has 1 aromatic heterocycles. The summed E-state index contributed by atoms with van der Waals surface area (Å²) in [5.41, 5.74) is 7.44. The van der Waals surface area contributed by atoms with Crippen LogP contribution >= 0.6 is 11.3 Å². The molecule has 0 fully saturated rings. The lowest BCUT2D eigenvalue weighted by molar-refractivity contribution is -0.116. The van der Waals surface area contributed by atoms with Gasteiger partial charge in [0.05, 0.1) is 11.3 Å². The van der Waals surface area contributed by atoms with Crippen LogP contribution in [0.25, 0.3) is 21.9 Å². The Morgan fingerprint density at radius 2 is 1.68 bits per heavy atom. The van der Waals surface area contributed by atoms with Crippen LogP contribution in [0.3, 0.4) is 0 Å². The van der Waals surface area contributed by atoms with Gasteiger partial charge in [-0.15, -0.1) is 10.2 Å². The van der Waals surface area contributed by atoms with Gasteiger partial charge in [0.25, 0.3) is 20.2 Å². The molecule has 15 heteroatoms. The minimum absolute atomic E-state index is 0.132. The summed E-state index contributed by atoms with van der Waals surface area (Å²) >= 11 is 0.943. The van der Waals surface area contributed by atoms with Crippen LogP contribution in [-0.2, 0) is 25.0 Å². The summed E-state index contributed by atoms with van der Waals surface area (Å²) in [5.74, 6) is -0.140. The quantitative estimate of drug-likeness (QED) is 0.145. The van der Waals surface area contributed by atoms with E-state index in [2.05, 4.69) is 15.5 Å². The summed E-state index contributed by atoms with van der Waals surface area (Å²) in [4.78, 5) is 10.7. The number of thiophene rings is 1. The minimum atomic E-state index is -4.84. The van der Waals surface area contributed by atoms with E-state index in [4.69, 9.17) is 5.73 Å². The molecule has 0 bridgehead atoms. The van der Waals surface area contributed by atoms with E-state index in [1.54, 1.807) is 24.3 Å². The number of nitrogens with two attached hydrogens (primary N) is 1. The van der Waals surface area contributed by atoms with Crippen molar-refractivity contribution in [2.45, 2.75) is 29.6 Å². The van der Waals surface area contributed by atoms with Gasteiger partial charge in [0.1, 0.15) is 25.9 Å². The normalized spacial score (nSPS) is 12.1. The predicted molar refractivity (Wildman–Crippen MR) is 150 cm³/mol. The molecular formula is C25H21N5O7S3. The number of nitrogen functional groups attached to an aromatic ring is 1. The fourth-order valence-corrected chi connectivity index (χ4v) is 6.25. The summed E-state index contributed by atoms with van der Waals surface area (Å²) in [7, 11) is -9.60. The van der Waals surface area contributed by atoms with E-state index in [9.17, 15) is 36.0 Å². The van der Waals surface area contributed by atoms with Crippen LogP contribution in [0.15, 0.2) is 74.6 Å². The van der Waals surface area contributed by atoms with E-state index in [1.807, 2.05) is 13.0 Å². The Morgan fingerprint density at radius 3 is 2.27 bits per heavy atom. The van der Waals surface area contributed by atoms with E-state index in [1.165, 1.54) is 18.2 Å². The van der Waals surface area contributed by atoms with E-state index in [-0.39, 0.29) is 37.9 Å². The second kappa shape index (κ2) is 11.1. The Kier molecular flexibility index (Phi) is 8.00. The van der Waals surface area contributed by atoms with Crippen molar-refractivity contribution in [1.82, 2.24) is 0 Å². The Balaban J connectivity index is 1.83. The van der Waals surface area contributed by atoms with E-state index < -0.39 is 30.0 Å². The monoisotopic (exact) mass is 599 g/mol. The number of amides is 1. The molecule has 0 unspecified atom stereocenters. The lowest BCUT2D eigenvalue weighted by Crippen LogP contribution is -2.10. The number of nitriles is 1. The predicted octanol–water partition coefficient (Wildman–Crippen LogP) is 5.67. The van der Waals surface area contributed by atoms with Gasteiger partial charge in [-0.05, 0) is 42.3 Å². The molecule has 0 saturated heterocycles. The van der Waals surface area contributed by atoms with Gasteiger partial charge in [0.2, 0.25) is 5.91 Å². The van der Waals surface area contributed by atoms with Crippen molar-refractivity contribution in [2.24, 2.45) is 10.2 Å². The molecule has 1 heterocycles. The van der Waals surface area contributed by atoms with Crippen molar-refractivity contribution >= 4 is 69.6 Å². The SMILES string of the molecule is CCCC(=O)Nc1ccc(-c2c(N=Nc3cc(S(=O)(=O)O)c4cccc(S(=O)(=O)O)c4c3)sc(N)c2C#N)cc1. The number of fused-ring (bicyclic) bond motifs is 1. The Labute approximate surface area is 233 Å². The van der Waals surface area contributed by atoms with E-state index in [0.29, 0.717) is 29.7 Å². The van der Waals surface area contributed by atoms with Crippen molar-refractivity contribution in [3.05, 3.63) is 60.2 Å². The smallest absolute Gasteiger partial charge is 0.295 e. The molecule has 0 spiro atoms. The molecule has 3 aromatic carbocycles. The van der Waals surface area contributed by atoms with Gasteiger partial charge < -0.3 is 11.1 Å². The lowest BCUT2D eigenvalue weighted by Gasteiger charge is -2.09. The highest BCUT2D eigenvalue weighted by atomic mass is 32.2. The van der Waals surface area contributed by atoms with Crippen LogP contribution in [0, 0.1) is 11.3 Å². The maximum Gasteiger partial charge on any atom is 0.295 e. The molecule has 4 aromatic rings. The molecule has 0 atom stereocenters. The third kappa shape index (κ3) is 6.01. The second-order valence-corrected chi connectivity index (χ2v) is 12.3. The van der Waals surface area contributed by atoms with Gasteiger partial charge in [-0.3, -0.25) is 13.9 Å². The topological polar surface area (TPSA) is 212 Å². The van der Waals surface area contributed by atoms with Crippen molar-refractivity contribution in [1.29, 1.82) is 5.26 Å². The molecule has 0 aliphatic rings. The number of nitrogens with zero attached hydrogens (tertiary/aromatic N) is 3. The van der Waals surface area contributed by atoms with Gasteiger partial charge in [0, 0.05) is 28.4 Å². The molecule has 5 N–H and O–H groups in total. The van der Waals surface area contributed by atoms with Crippen molar-refractivity contribution in [3.63, 3.8) is 0 Å². The standard InChI is InChI=1S/C25H21N5O7S3/c1-2-4-22(31)28-15-9-7-14(8-10-15)23-19(13-26)24(27)38-25(23)30-29-16-11-18-17(21(12-16)40(35,36)37)5-3-6-20(18)39(32,33)34/h3,5-12H,2,4,27H2,1H3,(H,28,31)(H,32,33,34)(H,35,36,37). The second-order valence-electron chi connectivity index (χ2n) is 8.45. The first-order valence-corrected chi connectivity index (χ1v) is 15.2. The summed E-state index contributed by atoms with van der Waals surface area (Å²) in [6, 6.07) is 14.4. The number of benzene rings is 3. The summed E-state index contributed by atoms with van der Waals surface area (Å²) in [6.07, 6.45) is 1.06. The van der Waals surface area contributed by atoms with Crippen LogP contribution in [0.1, 0.15) is 25.3 Å². The van der Waals surface area contributed by atoms with Crippen molar-refractivity contribution in [3.8, 4) is 17.2 Å². The van der Waals surface area contributed by atoms with Gasteiger partial charge in [-0.25, -0.2) is 0 Å². The van der Waals surface area contributed by atoms with Crippen LogP contribution in [-0.4, -0.2) is 31.8 Å². The molecule has 1 amide bonds. The fourth-order valence-electron chi connectivity index (χ4n) is 3.96. The molecular weight excluding hydrogens is 579 g/mol. The van der Waals surface area contributed by atoms with Crippen LogP contribution in [0.4, 0.5) is 21.4 Å². The van der Waals surface area contributed by atoms with Crippen LogP contribution in [0.5, 0.6) is 0 Å². The average molecular weight is 600 g/mol. The van der Waals surface area contributed by atoms with Crippen LogP contribution in [0.2, 0.25) is 0 Å². The maximum absolute atomic E-state index is 12.1. The lowest BCUT2D eigenvalue weighted by atomic mass is 10.0.